The van der Waals surface area contributed by atoms with E-state index in [1.165, 1.54) is 12.8 Å². The van der Waals surface area contributed by atoms with Gasteiger partial charge < -0.3 is 10.2 Å². The zero-order chi connectivity index (χ0) is 16.7. The Bertz CT molecular complexity index is 788. The van der Waals surface area contributed by atoms with E-state index >= 15 is 0 Å². The van der Waals surface area contributed by atoms with Crippen molar-refractivity contribution >= 4 is 28.4 Å². The molecule has 126 valence electrons. The van der Waals surface area contributed by atoms with Crippen LogP contribution in [0.15, 0.2) is 24.3 Å². The fourth-order valence-corrected chi connectivity index (χ4v) is 3.86. The second-order valence-corrected chi connectivity index (χ2v) is 7.32. The summed E-state index contributed by atoms with van der Waals surface area (Å²) in [6.07, 6.45) is 4.47. The Hall–Kier alpha value is -1.65. The third kappa shape index (κ3) is 2.89. The SMILES string of the molecule is CNCC1CCCN1C(=O)c1cc(C2CC2)nc2ccc(Cl)cc12. The third-order valence-electron chi connectivity index (χ3n) is 5.09. The number of benzene rings is 1. The molecule has 1 saturated heterocycles. The van der Waals surface area contributed by atoms with Gasteiger partial charge in [-0.3, -0.25) is 9.78 Å². The van der Waals surface area contributed by atoms with Gasteiger partial charge in [-0.2, -0.15) is 0 Å². The first-order chi connectivity index (χ1) is 11.7. The zero-order valence-corrected chi connectivity index (χ0v) is 14.6. The van der Waals surface area contributed by atoms with Gasteiger partial charge in [0.2, 0.25) is 0 Å². The molecule has 2 heterocycles. The molecule has 1 saturated carbocycles. The summed E-state index contributed by atoms with van der Waals surface area (Å²) in [5.74, 6) is 0.632. The van der Waals surface area contributed by atoms with E-state index in [1.807, 2.05) is 36.2 Å². The average Bonchev–Trinajstić information content (AvgIpc) is 3.33. The highest BCUT2D eigenvalue weighted by atomic mass is 35.5. The Balaban J connectivity index is 1.79. The summed E-state index contributed by atoms with van der Waals surface area (Å²) >= 11 is 6.19. The monoisotopic (exact) mass is 343 g/mol. The number of halogens is 1. The fourth-order valence-electron chi connectivity index (χ4n) is 3.69. The summed E-state index contributed by atoms with van der Waals surface area (Å²) in [7, 11) is 1.94. The van der Waals surface area contributed by atoms with Crippen molar-refractivity contribution in [3.63, 3.8) is 0 Å². The van der Waals surface area contributed by atoms with Crippen LogP contribution in [0.3, 0.4) is 0 Å². The number of likely N-dealkylation sites (tertiary alicyclic amines) is 1. The topological polar surface area (TPSA) is 45.2 Å². The summed E-state index contributed by atoms with van der Waals surface area (Å²) < 4.78 is 0. The Labute approximate surface area is 147 Å². The van der Waals surface area contributed by atoms with Crippen molar-refractivity contribution in [2.75, 3.05) is 20.1 Å². The standard InChI is InChI=1S/C19H22ClN3O/c1-21-11-14-3-2-8-23(14)19(24)16-10-18(12-4-5-12)22-17-7-6-13(20)9-15(16)17/h6-7,9-10,12,14,21H,2-5,8,11H2,1H3. The predicted octanol–water partition coefficient (Wildman–Crippen LogP) is 3.59. The first kappa shape index (κ1) is 15.9. The van der Waals surface area contributed by atoms with Crippen molar-refractivity contribution in [3.05, 3.63) is 40.5 Å². The number of aromatic nitrogens is 1. The van der Waals surface area contributed by atoms with Crippen LogP contribution in [0.25, 0.3) is 10.9 Å². The smallest absolute Gasteiger partial charge is 0.254 e. The number of carbonyl (C=O) groups is 1. The van der Waals surface area contributed by atoms with Crippen LogP contribution in [-0.4, -0.2) is 42.0 Å². The van der Waals surface area contributed by atoms with Crippen molar-refractivity contribution in [3.8, 4) is 0 Å². The first-order valence-electron chi connectivity index (χ1n) is 8.73. The number of pyridine rings is 1. The fraction of sp³-hybridized carbons (Fsp3) is 0.474. The number of amides is 1. The number of fused-ring (bicyclic) bond motifs is 1. The molecule has 1 amide bonds. The molecule has 1 N–H and O–H groups in total. The molecule has 1 aliphatic carbocycles. The Morgan fingerprint density at radius 2 is 2.17 bits per heavy atom. The lowest BCUT2D eigenvalue weighted by Gasteiger charge is -2.25. The Kier molecular flexibility index (Phi) is 4.19. The molecule has 24 heavy (non-hydrogen) atoms. The van der Waals surface area contributed by atoms with Crippen molar-refractivity contribution < 1.29 is 4.79 Å². The lowest BCUT2D eigenvalue weighted by molar-refractivity contribution is 0.0739. The van der Waals surface area contributed by atoms with Gasteiger partial charge >= 0.3 is 0 Å². The van der Waals surface area contributed by atoms with Crippen LogP contribution < -0.4 is 5.32 Å². The van der Waals surface area contributed by atoms with E-state index in [9.17, 15) is 4.79 Å². The summed E-state index contributed by atoms with van der Waals surface area (Å²) in [5.41, 5.74) is 2.68. The lowest BCUT2D eigenvalue weighted by Crippen LogP contribution is -2.41. The molecule has 0 spiro atoms. The van der Waals surface area contributed by atoms with E-state index in [-0.39, 0.29) is 11.9 Å². The molecule has 1 unspecified atom stereocenters. The maximum absolute atomic E-state index is 13.3. The molecule has 4 rings (SSSR count). The highest BCUT2D eigenvalue weighted by molar-refractivity contribution is 6.31. The Morgan fingerprint density at radius 3 is 2.92 bits per heavy atom. The van der Waals surface area contributed by atoms with Gasteiger partial charge in [0.25, 0.3) is 5.91 Å². The van der Waals surface area contributed by atoms with Crippen LogP contribution in [-0.2, 0) is 0 Å². The minimum atomic E-state index is 0.115. The van der Waals surface area contributed by atoms with E-state index in [0.717, 1.165) is 48.1 Å². The normalized spacial score (nSPS) is 20.8. The molecule has 5 heteroatoms. The summed E-state index contributed by atoms with van der Waals surface area (Å²) in [4.78, 5) is 20.1. The van der Waals surface area contributed by atoms with Crippen molar-refractivity contribution in [1.29, 1.82) is 0 Å². The van der Waals surface area contributed by atoms with Gasteiger partial charge in [0, 0.05) is 41.2 Å². The van der Waals surface area contributed by atoms with E-state index in [0.29, 0.717) is 10.9 Å². The molecule has 2 aromatic rings. The number of hydrogen-bond acceptors (Lipinski definition) is 3. The first-order valence-corrected chi connectivity index (χ1v) is 9.11. The molecule has 0 radical (unpaired) electrons. The summed E-state index contributed by atoms with van der Waals surface area (Å²) in [6.45, 7) is 1.67. The number of nitrogens with one attached hydrogen (secondary N) is 1. The van der Waals surface area contributed by atoms with Crippen LogP contribution in [0, 0.1) is 0 Å². The van der Waals surface area contributed by atoms with Crippen LogP contribution in [0.2, 0.25) is 5.02 Å². The molecule has 2 fully saturated rings. The molecule has 2 aliphatic rings. The van der Waals surface area contributed by atoms with Gasteiger partial charge in [0.15, 0.2) is 0 Å². The lowest BCUT2D eigenvalue weighted by atomic mass is 10.0. The third-order valence-corrected chi connectivity index (χ3v) is 5.33. The number of likely N-dealkylation sites (N-methyl/N-ethyl adjacent to an activating group) is 1. The molecule has 4 nitrogen and oxygen atoms in total. The molecule has 1 aromatic heterocycles. The second-order valence-electron chi connectivity index (χ2n) is 6.88. The largest absolute Gasteiger partial charge is 0.334 e. The quantitative estimate of drug-likeness (QED) is 0.922. The van der Waals surface area contributed by atoms with Gasteiger partial charge in [-0.1, -0.05) is 11.6 Å². The van der Waals surface area contributed by atoms with Gasteiger partial charge in [0.1, 0.15) is 0 Å². The van der Waals surface area contributed by atoms with E-state index < -0.39 is 0 Å². The minimum Gasteiger partial charge on any atom is -0.334 e. The maximum Gasteiger partial charge on any atom is 0.254 e. The number of nitrogens with zero attached hydrogens (tertiary/aromatic N) is 2. The number of carbonyl (C=O) groups excluding carboxylic acids is 1. The van der Waals surface area contributed by atoms with Gasteiger partial charge in [-0.15, -0.1) is 0 Å². The van der Waals surface area contributed by atoms with E-state index in [4.69, 9.17) is 16.6 Å². The van der Waals surface area contributed by atoms with Gasteiger partial charge in [-0.05, 0) is 57.0 Å². The minimum absolute atomic E-state index is 0.115. The van der Waals surface area contributed by atoms with Crippen molar-refractivity contribution in [1.82, 2.24) is 15.2 Å². The molecular formula is C19H22ClN3O. The summed E-state index contributed by atoms with van der Waals surface area (Å²) in [6, 6.07) is 7.93. The average molecular weight is 344 g/mol. The van der Waals surface area contributed by atoms with Crippen molar-refractivity contribution in [2.45, 2.75) is 37.6 Å². The van der Waals surface area contributed by atoms with Crippen LogP contribution in [0.5, 0.6) is 0 Å². The molecule has 1 atom stereocenters. The number of hydrogen-bond donors (Lipinski definition) is 1. The predicted molar refractivity (Wildman–Crippen MR) is 96.7 cm³/mol. The number of rotatable bonds is 4. The van der Waals surface area contributed by atoms with Gasteiger partial charge in [0.05, 0.1) is 11.1 Å². The maximum atomic E-state index is 13.3. The highest BCUT2D eigenvalue weighted by Gasteiger charge is 2.32. The van der Waals surface area contributed by atoms with Gasteiger partial charge in [-0.25, -0.2) is 0 Å². The molecule has 0 bridgehead atoms. The molecule has 1 aliphatic heterocycles. The Morgan fingerprint density at radius 1 is 1.33 bits per heavy atom. The van der Waals surface area contributed by atoms with E-state index in [1.54, 1.807) is 0 Å². The van der Waals surface area contributed by atoms with E-state index in [2.05, 4.69) is 5.32 Å². The highest BCUT2D eigenvalue weighted by Crippen LogP contribution is 2.40. The summed E-state index contributed by atoms with van der Waals surface area (Å²) in [5, 5.41) is 4.72. The zero-order valence-electron chi connectivity index (χ0n) is 13.9. The van der Waals surface area contributed by atoms with Crippen LogP contribution >= 0.6 is 11.6 Å². The molecule has 1 aromatic carbocycles. The van der Waals surface area contributed by atoms with Crippen molar-refractivity contribution in [2.24, 2.45) is 0 Å². The molecular weight excluding hydrogens is 322 g/mol. The van der Waals surface area contributed by atoms with Crippen LogP contribution in [0.1, 0.15) is 47.7 Å². The van der Waals surface area contributed by atoms with Crippen LogP contribution in [0.4, 0.5) is 0 Å². The second kappa shape index (κ2) is 6.34.